The lowest BCUT2D eigenvalue weighted by Crippen LogP contribution is -2.07. The number of ether oxygens (including phenoxy) is 1. The number of aromatic hydroxyl groups is 1. The second kappa shape index (κ2) is 7.04. The second-order valence-electron chi connectivity index (χ2n) is 5.20. The van der Waals surface area contributed by atoms with Crippen molar-refractivity contribution in [3.05, 3.63) is 47.5 Å². The van der Waals surface area contributed by atoms with Crippen molar-refractivity contribution in [2.24, 2.45) is 0 Å². The first-order chi connectivity index (χ1) is 10.9. The molecule has 4 nitrogen and oxygen atoms in total. The van der Waals surface area contributed by atoms with Gasteiger partial charge in [0.25, 0.3) is 0 Å². The van der Waals surface area contributed by atoms with Crippen LogP contribution in [0, 0.1) is 0 Å². The summed E-state index contributed by atoms with van der Waals surface area (Å²) < 4.78 is 31.2. The summed E-state index contributed by atoms with van der Waals surface area (Å²) in [5, 5.41) is 9.97. The molecule has 0 atom stereocenters. The maximum Gasteiger partial charge on any atom is 0.206 e. The van der Waals surface area contributed by atoms with Gasteiger partial charge in [-0.1, -0.05) is 13.8 Å². The third-order valence-electron chi connectivity index (χ3n) is 3.76. The molecular formula is C18H22O4S. The molecule has 0 radical (unpaired) electrons. The molecular weight excluding hydrogens is 312 g/mol. The molecule has 0 unspecified atom stereocenters. The molecule has 0 fully saturated rings. The average Bonchev–Trinajstić information content (AvgIpc) is 2.55. The zero-order valence-electron chi connectivity index (χ0n) is 13.7. The molecule has 0 aliphatic heterocycles. The van der Waals surface area contributed by atoms with E-state index >= 15 is 0 Å². The Bertz CT molecular complexity index is 777. The van der Waals surface area contributed by atoms with E-state index in [0.29, 0.717) is 36.3 Å². The van der Waals surface area contributed by atoms with Crippen molar-refractivity contribution in [2.75, 3.05) is 6.61 Å². The van der Waals surface area contributed by atoms with Gasteiger partial charge in [-0.3, -0.25) is 0 Å². The first-order valence-electron chi connectivity index (χ1n) is 7.76. The van der Waals surface area contributed by atoms with Gasteiger partial charge >= 0.3 is 0 Å². The predicted octanol–water partition coefficient (Wildman–Crippen LogP) is 3.75. The van der Waals surface area contributed by atoms with Crippen LogP contribution < -0.4 is 4.74 Å². The van der Waals surface area contributed by atoms with E-state index in [2.05, 4.69) is 0 Å². The molecule has 0 saturated carbocycles. The summed E-state index contributed by atoms with van der Waals surface area (Å²) in [6, 6.07) is 9.56. The van der Waals surface area contributed by atoms with Crippen molar-refractivity contribution in [3.63, 3.8) is 0 Å². The maximum absolute atomic E-state index is 12.9. The van der Waals surface area contributed by atoms with Gasteiger partial charge in [-0.25, -0.2) is 8.42 Å². The van der Waals surface area contributed by atoms with Crippen LogP contribution in [-0.4, -0.2) is 20.1 Å². The largest absolute Gasteiger partial charge is 0.508 e. The molecule has 0 saturated heterocycles. The highest BCUT2D eigenvalue weighted by Crippen LogP contribution is 2.31. The molecule has 5 heteroatoms. The van der Waals surface area contributed by atoms with E-state index in [-0.39, 0.29) is 15.5 Å². The molecule has 2 aromatic carbocycles. The van der Waals surface area contributed by atoms with E-state index in [1.54, 1.807) is 36.4 Å². The van der Waals surface area contributed by atoms with Crippen molar-refractivity contribution in [1.82, 2.24) is 0 Å². The highest BCUT2D eigenvalue weighted by atomic mass is 32.2. The van der Waals surface area contributed by atoms with E-state index in [1.807, 2.05) is 20.8 Å². The third kappa shape index (κ3) is 3.50. The number of sulfone groups is 1. The van der Waals surface area contributed by atoms with Gasteiger partial charge in [-0.2, -0.15) is 0 Å². The van der Waals surface area contributed by atoms with Crippen molar-refractivity contribution in [3.8, 4) is 11.5 Å². The lowest BCUT2D eigenvalue weighted by molar-refractivity contribution is 0.340. The lowest BCUT2D eigenvalue weighted by Gasteiger charge is -2.13. The second-order valence-corrected chi connectivity index (χ2v) is 7.12. The molecule has 0 aliphatic carbocycles. The summed E-state index contributed by atoms with van der Waals surface area (Å²) in [4.78, 5) is 0.488. The molecule has 2 rings (SSSR count). The quantitative estimate of drug-likeness (QED) is 0.874. The zero-order chi connectivity index (χ0) is 17.0. The smallest absolute Gasteiger partial charge is 0.206 e. The monoisotopic (exact) mass is 334 g/mol. The Morgan fingerprint density at radius 2 is 1.57 bits per heavy atom. The van der Waals surface area contributed by atoms with E-state index in [9.17, 15) is 13.5 Å². The van der Waals surface area contributed by atoms with Gasteiger partial charge in [0.15, 0.2) is 0 Å². The van der Waals surface area contributed by atoms with Crippen LogP contribution in [0.1, 0.15) is 31.9 Å². The maximum atomic E-state index is 12.9. The predicted molar refractivity (Wildman–Crippen MR) is 89.9 cm³/mol. The Balaban J connectivity index is 2.54. The molecule has 0 heterocycles. The van der Waals surface area contributed by atoms with Crippen LogP contribution in [0.3, 0.4) is 0 Å². The van der Waals surface area contributed by atoms with Crippen molar-refractivity contribution < 1.29 is 18.3 Å². The van der Waals surface area contributed by atoms with Gasteiger partial charge in [0.05, 0.1) is 16.4 Å². The van der Waals surface area contributed by atoms with Crippen LogP contribution in [0.4, 0.5) is 0 Å². The van der Waals surface area contributed by atoms with Crippen LogP contribution in [0.15, 0.2) is 46.2 Å². The van der Waals surface area contributed by atoms with Crippen molar-refractivity contribution >= 4 is 9.84 Å². The highest BCUT2D eigenvalue weighted by molar-refractivity contribution is 7.91. The minimum absolute atomic E-state index is 0.148. The normalized spacial score (nSPS) is 11.4. The minimum Gasteiger partial charge on any atom is -0.508 e. The van der Waals surface area contributed by atoms with Crippen LogP contribution in [0.2, 0.25) is 0 Å². The third-order valence-corrected chi connectivity index (χ3v) is 5.61. The summed E-state index contributed by atoms with van der Waals surface area (Å²) in [7, 11) is -3.63. The van der Waals surface area contributed by atoms with Crippen LogP contribution in [-0.2, 0) is 22.7 Å². The summed E-state index contributed by atoms with van der Waals surface area (Å²) in [6.07, 6.45) is 1.10. The zero-order valence-corrected chi connectivity index (χ0v) is 14.5. The molecule has 2 aromatic rings. The van der Waals surface area contributed by atoms with Gasteiger partial charge in [-0.15, -0.1) is 0 Å². The summed E-state index contributed by atoms with van der Waals surface area (Å²) in [5.41, 5.74) is 1.25. The Kier molecular flexibility index (Phi) is 5.31. The molecule has 124 valence electrons. The summed E-state index contributed by atoms with van der Waals surface area (Å²) in [5.74, 6) is 0.789. The molecule has 0 amide bonds. The Morgan fingerprint density at radius 1 is 0.957 bits per heavy atom. The number of phenols is 1. The first kappa shape index (κ1) is 17.3. The highest BCUT2D eigenvalue weighted by Gasteiger charge is 2.22. The molecule has 0 aliphatic rings. The van der Waals surface area contributed by atoms with Crippen LogP contribution >= 0.6 is 0 Å². The van der Waals surface area contributed by atoms with E-state index in [4.69, 9.17) is 4.74 Å². The number of phenolic OH excluding ortho intramolecular Hbond substituents is 1. The standard InChI is InChI=1S/C18H22O4S/c1-4-13-12-18(14(5-2)11-17(13)19)23(20,21)16-9-7-15(8-10-16)22-6-3/h7-12,19H,4-6H2,1-3H3. The van der Waals surface area contributed by atoms with E-state index < -0.39 is 9.84 Å². The number of aryl methyl sites for hydroxylation is 2. The Labute approximate surface area is 137 Å². The van der Waals surface area contributed by atoms with Gasteiger partial charge in [0.1, 0.15) is 11.5 Å². The fourth-order valence-electron chi connectivity index (χ4n) is 2.47. The van der Waals surface area contributed by atoms with Crippen molar-refractivity contribution in [1.29, 1.82) is 0 Å². The molecule has 1 N–H and O–H groups in total. The molecule has 0 aromatic heterocycles. The van der Waals surface area contributed by atoms with Gasteiger partial charge in [0, 0.05) is 0 Å². The Morgan fingerprint density at radius 3 is 2.09 bits per heavy atom. The summed E-state index contributed by atoms with van der Waals surface area (Å²) in [6.45, 7) is 6.16. The topological polar surface area (TPSA) is 63.6 Å². The number of benzene rings is 2. The first-order valence-corrected chi connectivity index (χ1v) is 9.25. The van der Waals surface area contributed by atoms with Crippen LogP contribution in [0.25, 0.3) is 0 Å². The van der Waals surface area contributed by atoms with Gasteiger partial charge < -0.3 is 9.84 Å². The van der Waals surface area contributed by atoms with Gasteiger partial charge in [0.2, 0.25) is 9.84 Å². The Hall–Kier alpha value is -2.01. The lowest BCUT2D eigenvalue weighted by atomic mass is 10.1. The average molecular weight is 334 g/mol. The van der Waals surface area contributed by atoms with E-state index in [1.165, 1.54) is 0 Å². The van der Waals surface area contributed by atoms with E-state index in [0.717, 1.165) is 0 Å². The molecule has 0 bridgehead atoms. The number of rotatable bonds is 6. The molecule has 0 spiro atoms. The summed E-state index contributed by atoms with van der Waals surface area (Å²) >= 11 is 0. The number of hydrogen-bond acceptors (Lipinski definition) is 4. The van der Waals surface area contributed by atoms with Crippen molar-refractivity contribution in [2.45, 2.75) is 43.4 Å². The van der Waals surface area contributed by atoms with Crippen LogP contribution in [0.5, 0.6) is 11.5 Å². The number of hydrogen-bond donors (Lipinski definition) is 1. The fourth-order valence-corrected chi connectivity index (χ4v) is 4.07. The molecule has 23 heavy (non-hydrogen) atoms. The minimum atomic E-state index is -3.63. The fraction of sp³-hybridized carbons (Fsp3) is 0.333. The van der Waals surface area contributed by atoms with Gasteiger partial charge in [-0.05, 0) is 67.3 Å². The SMILES string of the molecule is CCOc1ccc(S(=O)(=O)c2cc(CC)c(O)cc2CC)cc1.